The summed E-state index contributed by atoms with van der Waals surface area (Å²) in [5.74, 6) is -0.370. The summed E-state index contributed by atoms with van der Waals surface area (Å²) >= 11 is 5.90. The van der Waals surface area contributed by atoms with Crippen molar-refractivity contribution >= 4 is 23.6 Å². The third kappa shape index (κ3) is 5.69. The van der Waals surface area contributed by atoms with Crippen LogP contribution in [0.3, 0.4) is 0 Å². The molecule has 2 aromatic rings. The van der Waals surface area contributed by atoms with Crippen LogP contribution in [-0.2, 0) is 11.2 Å². The summed E-state index contributed by atoms with van der Waals surface area (Å²) in [5.41, 5.74) is 2.90. The van der Waals surface area contributed by atoms with Crippen LogP contribution in [0.25, 0.3) is 6.08 Å². The van der Waals surface area contributed by atoms with Gasteiger partial charge in [0, 0.05) is 42.4 Å². The predicted octanol–water partition coefficient (Wildman–Crippen LogP) is 4.98. The van der Waals surface area contributed by atoms with Crippen molar-refractivity contribution in [3.63, 3.8) is 0 Å². The van der Waals surface area contributed by atoms with Gasteiger partial charge in [-0.05, 0) is 48.6 Å². The Hall–Kier alpha value is -2.83. The summed E-state index contributed by atoms with van der Waals surface area (Å²) in [4.78, 5) is 13.3. The molecule has 0 radical (unpaired) electrons. The van der Waals surface area contributed by atoms with Crippen molar-refractivity contribution in [2.75, 3.05) is 32.8 Å². The van der Waals surface area contributed by atoms with Crippen LogP contribution in [0.15, 0.2) is 53.6 Å². The normalized spacial score (nSPS) is 15.9. The molecular formula is C25H25ClFNO4. The van der Waals surface area contributed by atoms with Gasteiger partial charge >= 0.3 is 5.97 Å². The largest absolute Gasteiger partial charge is 0.493 e. The summed E-state index contributed by atoms with van der Waals surface area (Å²) in [6.07, 6.45) is 5.91. The van der Waals surface area contributed by atoms with Gasteiger partial charge in [-0.1, -0.05) is 29.8 Å². The summed E-state index contributed by atoms with van der Waals surface area (Å²) in [5, 5.41) is 9.91. The number of nitrogens with zero attached hydrogens (tertiary/aromatic N) is 1. The number of rotatable bonds is 8. The molecule has 0 atom stereocenters. The van der Waals surface area contributed by atoms with Gasteiger partial charge in [-0.2, -0.15) is 0 Å². The minimum absolute atomic E-state index is 0.342. The van der Waals surface area contributed by atoms with E-state index in [1.807, 2.05) is 29.2 Å². The number of hydrogen-bond donors (Lipinski definition) is 1. The number of carboxylic acid groups (broad SMARTS) is 1. The number of aliphatic carboxylic acids is 1. The van der Waals surface area contributed by atoms with Gasteiger partial charge in [0.1, 0.15) is 23.9 Å². The minimum atomic E-state index is -0.888. The van der Waals surface area contributed by atoms with Crippen LogP contribution in [0.2, 0.25) is 5.02 Å². The van der Waals surface area contributed by atoms with Gasteiger partial charge < -0.3 is 14.6 Å². The standard InChI is InChI=1S/C25H25ClFNO4/c26-20-7-5-17(6-8-20)3-2-10-31-21-12-23(27)22-11-18(16-32-24(22)13-21)14-28-9-1-4-19(15-28)25(29)30/h4-8,11-13H,1-3,9-10,14-16H2,(H,29,30). The molecule has 0 unspecified atom stereocenters. The fourth-order valence-corrected chi connectivity index (χ4v) is 4.05. The highest BCUT2D eigenvalue weighted by molar-refractivity contribution is 6.30. The first kappa shape index (κ1) is 22.4. The van der Waals surface area contributed by atoms with Gasteiger partial charge in [-0.25, -0.2) is 9.18 Å². The molecule has 2 aliphatic heterocycles. The van der Waals surface area contributed by atoms with E-state index < -0.39 is 11.8 Å². The Kier molecular flexibility index (Phi) is 7.12. The van der Waals surface area contributed by atoms with E-state index in [-0.39, 0.29) is 0 Å². The highest BCUT2D eigenvalue weighted by Gasteiger charge is 2.22. The lowest BCUT2D eigenvalue weighted by molar-refractivity contribution is -0.133. The van der Waals surface area contributed by atoms with Crippen molar-refractivity contribution in [2.24, 2.45) is 0 Å². The van der Waals surface area contributed by atoms with Gasteiger partial charge in [0.2, 0.25) is 0 Å². The van der Waals surface area contributed by atoms with Crippen LogP contribution in [-0.4, -0.2) is 48.8 Å². The Morgan fingerprint density at radius 2 is 2.06 bits per heavy atom. The second-order valence-corrected chi connectivity index (χ2v) is 8.46. The first-order valence-corrected chi connectivity index (χ1v) is 11.0. The summed E-state index contributed by atoms with van der Waals surface area (Å²) in [7, 11) is 0. The molecule has 2 aliphatic rings. The summed E-state index contributed by atoms with van der Waals surface area (Å²) in [6.45, 7) is 2.51. The first-order chi connectivity index (χ1) is 15.5. The molecule has 0 aliphatic carbocycles. The van der Waals surface area contributed by atoms with E-state index in [4.69, 9.17) is 21.1 Å². The van der Waals surface area contributed by atoms with Crippen molar-refractivity contribution in [3.8, 4) is 11.5 Å². The zero-order chi connectivity index (χ0) is 22.5. The van der Waals surface area contributed by atoms with E-state index in [0.717, 1.165) is 25.0 Å². The molecule has 0 spiro atoms. The third-order valence-electron chi connectivity index (χ3n) is 5.55. The fourth-order valence-electron chi connectivity index (χ4n) is 3.92. The second-order valence-electron chi connectivity index (χ2n) is 8.02. The van der Waals surface area contributed by atoms with Gasteiger partial charge in [0.05, 0.1) is 12.2 Å². The van der Waals surface area contributed by atoms with Crippen LogP contribution in [0, 0.1) is 5.82 Å². The average molecular weight is 458 g/mol. The Labute approximate surface area is 191 Å². The van der Waals surface area contributed by atoms with E-state index in [1.165, 1.54) is 11.6 Å². The molecule has 0 saturated heterocycles. The Morgan fingerprint density at radius 3 is 2.84 bits per heavy atom. The maximum absolute atomic E-state index is 14.7. The quantitative estimate of drug-likeness (QED) is 0.566. The van der Waals surface area contributed by atoms with E-state index in [1.54, 1.807) is 18.2 Å². The lowest BCUT2D eigenvalue weighted by Crippen LogP contribution is -2.35. The number of fused-ring (bicyclic) bond motifs is 1. The van der Waals surface area contributed by atoms with Crippen molar-refractivity contribution < 1.29 is 23.8 Å². The van der Waals surface area contributed by atoms with E-state index in [9.17, 15) is 14.3 Å². The zero-order valence-corrected chi connectivity index (χ0v) is 18.4. The lowest BCUT2D eigenvalue weighted by atomic mass is 10.0. The molecule has 0 amide bonds. The molecular weight excluding hydrogens is 433 g/mol. The Morgan fingerprint density at radius 1 is 1.25 bits per heavy atom. The highest BCUT2D eigenvalue weighted by atomic mass is 35.5. The summed E-state index contributed by atoms with van der Waals surface area (Å²) < 4.78 is 26.3. The fraction of sp³-hybridized carbons (Fsp3) is 0.320. The highest BCUT2D eigenvalue weighted by Crippen LogP contribution is 2.33. The second kappa shape index (κ2) is 10.2. The first-order valence-electron chi connectivity index (χ1n) is 10.7. The number of hydrogen-bond acceptors (Lipinski definition) is 4. The van der Waals surface area contributed by atoms with Crippen molar-refractivity contribution in [3.05, 3.63) is 75.6 Å². The molecule has 7 heteroatoms. The molecule has 0 saturated carbocycles. The predicted molar refractivity (Wildman–Crippen MR) is 122 cm³/mol. The van der Waals surface area contributed by atoms with Crippen molar-refractivity contribution in [1.29, 1.82) is 0 Å². The van der Waals surface area contributed by atoms with Crippen LogP contribution in [0.4, 0.5) is 4.39 Å². The van der Waals surface area contributed by atoms with Crippen LogP contribution in [0.1, 0.15) is 24.0 Å². The van der Waals surface area contributed by atoms with Crippen molar-refractivity contribution in [2.45, 2.75) is 19.3 Å². The smallest absolute Gasteiger partial charge is 0.332 e. The van der Waals surface area contributed by atoms with E-state index in [2.05, 4.69) is 0 Å². The maximum Gasteiger partial charge on any atom is 0.332 e. The average Bonchev–Trinajstić information content (AvgIpc) is 2.78. The number of aryl methyl sites for hydroxylation is 1. The topological polar surface area (TPSA) is 59.0 Å². The molecule has 4 rings (SSSR count). The minimum Gasteiger partial charge on any atom is -0.493 e. The lowest BCUT2D eigenvalue weighted by Gasteiger charge is -2.28. The number of carboxylic acids is 1. The van der Waals surface area contributed by atoms with E-state index >= 15 is 0 Å². The number of halogens is 2. The molecule has 32 heavy (non-hydrogen) atoms. The zero-order valence-electron chi connectivity index (χ0n) is 17.7. The monoisotopic (exact) mass is 457 g/mol. The van der Waals surface area contributed by atoms with Gasteiger partial charge in [0.25, 0.3) is 0 Å². The van der Waals surface area contributed by atoms with Crippen LogP contribution < -0.4 is 9.47 Å². The Balaban J connectivity index is 1.33. The van der Waals surface area contributed by atoms with Crippen LogP contribution in [0.5, 0.6) is 11.5 Å². The molecule has 168 valence electrons. The van der Waals surface area contributed by atoms with Gasteiger partial charge in [-0.3, -0.25) is 4.90 Å². The molecule has 1 N–H and O–H groups in total. The molecule has 0 fully saturated rings. The SMILES string of the molecule is O=C(O)C1=CCCN(CC2=Cc3c(F)cc(OCCCc4ccc(Cl)cc4)cc3OC2)C1. The maximum atomic E-state index is 14.7. The molecule has 0 bridgehead atoms. The van der Waals surface area contributed by atoms with Crippen LogP contribution >= 0.6 is 11.6 Å². The molecule has 0 aromatic heterocycles. The number of carbonyl (C=O) groups is 1. The molecule has 2 aromatic carbocycles. The molecule has 5 nitrogen and oxygen atoms in total. The molecule has 2 heterocycles. The van der Waals surface area contributed by atoms with Gasteiger partial charge in [0.15, 0.2) is 0 Å². The summed E-state index contributed by atoms with van der Waals surface area (Å²) in [6, 6.07) is 10.8. The third-order valence-corrected chi connectivity index (χ3v) is 5.80. The van der Waals surface area contributed by atoms with Crippen molar-refractivity contribution in [1.82, 2.24) is 4.90 Å². The number of ether oxygens (including phenoxy) is 2. The Bertz CT molecular complexity index is 1050. The van der Waals surface area contributed by atoms with Gasteiger partial charge in [-0.15, -0.1) is 0 Å². The number of benzene rings is 2. The van der Waals surface area contributed by atoms with E-state index in [0.29, 0.717) is 60.4 Å².